The number of urea groups is 1. The highest BCUT2D eigenvalue weighted by Crippen LogP contribution is 2.24. The highest BCUT2D eigenvalue weighted by molar-refractivity contribution is 5.89. The maximum Gasteiger partial charge on any atom is 0.321 e. The Morgan fingerprint density at radius 1 is 0.969 bits per heavy atom. The van der Waals surface area contributed by atoms with Gasteiger partial charge in [-0.2, -0.15) is 0 Å². The van der Waals surface area contributed by atoms with Crippen molar-refractivity contribution in [3.63, 3.8) is 0 Å². The van der Waals surface area contributed by atoms with Crippen molar-refractivity contribution in [1.82, 2.24) is 15.1 Å². The van der Waals surface area contributed by atoms with E-state index in [1.54, 1.807) is 0 Å². The molecule has 32 heavy (non-hydrogen) atoms. The lowest BCUT2D eigenvalue weighted by Gasteiger charge is -2.35. The SMILES string of the molecule is CCOc1ccc(NC(=O)N2CCN(c3ccc(-c4ccc(C)cc4C)nn3)CC2)cc1. The van der Waals surface area contributed by atoms with Crippen molar-refractivity contribution in [2.24, 2.45) is 0 Å². The third kappa shape index (κ3) is 4.99. The van der Waals surface area contributed by atoms with Crippen molar-refractivity contribution >= 4 is 17.5 Å². The number of ether oxygens (including phenoxy) is 1. The summed E-state index contributed by atoms with van der Waals surface area (Å²) in [5.41, 5.74) is 5.17. The largest absolute Gasteiger partial charge is 0.494 e. The van der Waals surface area contributed by atoms with Gasteiger partial charge in [0.15, 0.2) is 5.82 Å². The van der Waals surface area contributed by atoms with Crippen LogP contribution in [0.4, 0.5) is 16.3 Å². The van der Waals surface area contributed by atoms with E-state index in [4.69, 9.17) is 4.74 Å². The molecule has 1 aliphatic rings. The molecule has 0 aliphatic carbocycles. The number of amides is 2. The van der Waals surface area contributed by atoms with Crippen molar-refractivity contribution < 1.29 is 9.53 Å². The minimum Gasteiger partial charge on any atom is -0.494 e. The molecule has 4 rings (SSSR count). The number of hydrogen-bond donors (Lipinski definition) is 1. The fourth-order valence-electron chi connectivity index (χ4n) is 3.88. The summed E-state index contributed by atoms with van der Waals surface area (Å²) in [6, 6.07) is 17.7. The monoisotopic (exact) mass is 431 g/mol. The average Bonchev–Trinajstić information content (AvgIpc) is 2.81. The van der Waals surface area contributed by atoms with Crippen LogP contribution in [0.25, 0.3) is 11.3 Å². The second-order valence-electron chi connectivity index (χ2n) is 7.96. The Morgan fingerprint density at radius 2 is 1.72 bits per heavy atom. The number of nitrogens with one attached hydrogen (secondary N) is 1. The minimum atomic E-state index is -0.0925. The molecule has 1 aliphatic heterocycles. The van der Waals surface area contributed by atoms with Crippen molar-refractivity contribution in [2.45, 2.75) is 20.8 Å². The van der Waals surface area contributed by atoms with Crippen LogP contribution in [0.2, 0.25) is 0 Å². The van der Waals surface area contributed by atoms with Gasteiger partial charge < -0.3 is 19.9 Å². The standard InChI is InChI=1S/C25H29N5O2/c1-4-32-21-8-6-20(7-9-21)26-25(31)30-15-13-29(14-16-30)24-12-11-23(27-28-24)22-10-5-18(2)17-19(22)3/h5-12,17H,4,13-16H2,1-3H3,(H,26,31). The van der Waals surface area contributed by atoms with E-state index in [0.29, 0.717) is 32.8 Å². The lowest BCUT2D eigenvalue weighted by Crippen LogP contribution is -2.50. The van der Waals surface area contributed by atoms with Crippen LogP contribution < -0.4 is 15.0 Å². The van der Waals surface area contributed by atoms with Gasteiger partial charge in [0.2, 0.25) is 0 Å². The van der Waals surface area contributed by atoms with E-state index in [0.717, 1.165) is 28.5 Å². The Bertz CT molecular complexity index is 1060. The maximum absolute atomic E-state index is 12.6. The van der Waals surface area contributed by atoms with Crippen molar-refractivity contribution in [2.75, 3.05) is 43.0 Å². The topological polar surface area (TPSA) is 70.6 Å². The van der Waals surface area contributed by atoms with Gasteiger partial charge in [-0.25, -0.2) is 4.79 Å². The van der Waals surface area contributed by atoms with Crippen LogP contribution in [0, 0.1) is 13.8 Å². The predicted molar refractivity (Wildman–Crippen MR) is 127 cm³/mol. The molecule has 0 radical (unpaired) electrons. The molecule has 3 aromatic rings. The molecule has 2 amide bonds. The Balaban J connectivity index is 1.32. The minimum absolute atomic E-state index is 0.0925. The first-order valence-corrected chi connectivity index (χ1v) is 11.0. The number of aryl methyl sites for hydroxylation is 2. The zero-order valence-electron chi connectivity index (χ0n) is 18.8. The molecule has 0 bridgehead atoms. The molecule has 1 saturated heterocycles. The molecule has 0 spiro atoms. The molecule has 1 aromatic heterocycles. The van der Waals surface area contributed by atoms with E-state index >= 15 is 0 Å². The second-order valence-corrected chi connectivity index (χ2v) is 7.96. The normalized spacial score (nSPS) is 13.7. The first-order valence-electron chi connectivity index (χ1n) is 11.0. The second kappa shape index (κ2) is 9.68. The van der Waals surface area contributed by atoms with Crippen LogP contribution in [0.1, 0.15) is 18.1 Å². The third-order valence-corrected chi connectivity index (χ3v) is 5.62. The van der Waals surface area contributed by atoms with Crippen LogP contribution >= 0.6 is 0 Å². The van der Waals surface area contributed by atoms with Crippen molar-refractivity contribution in [3.8, 4) is 17.0 Å². The zero-order valence-corrected chi connectivity index (χ0v) is 18.8. The number of aromatic nitrogens is 2. The Hall–Kier alpha value is -3.61. The highest BCUT2D eigenvalue weighted by atomic mass is 16.5. The number of nitrogens with zero attached hydrogens (tertiary/aromatic N) is 4. The highest BCUT2D eigenvalue weighted by Gasteiger charge is 2.22. The van der Waals surface area contributed by atoms with E-state index < -0.39 is 0 Å². The summed E-state index contributed by atoms with van der Waals surface area (Å²) in [6.45, 7) is 9.43. The summed E-state index contributed by atoms with van der Waals surface area (Å²) >= 11 is 0. The molecule has 0 atom stereocenters. The molecule has 166 valence electrons. The smallest absolute Gasteiger partial charge is 0.321 e. The van der Waals surface area contributed by atoms with Crippen molar-refractivity contribution in [3.05, 3.63) is 65.7 Å². The van der Waals surface area contributed by atoms with Gasteiger partial charge >= 0.3 is 6.03 Å². The zero-order chi connectivity index (χ0) is 22.5. The molecule has 0 unspecified atom stereocenters. The molecular weight excluding hydrogens is 402 g/mol. The lowest BCUT2D eigenvalue weighted by molar-refractivity contribution is 0.208. The van der Waals surface area contributed by atoms with Crippen LogP contribution in [-0.2, 0) is 0 Å². The maximum atomic E-state index is 12.6. The summed E-state index contributed by atoms with van der Waals surface area (Å²) in [7, 11) is 0. The number of benzene rings is 2. The van der Waals surface area contributed by atoms with E-state index in [1.807, 2.05) is 48.2 Å². The molecule has 2 heterocycles. The van der Waals surface area contributed by atoms with Crippen LogP contribution in [-0.4, -0.2) is 53.9 Å². The number of carbonyl (C=O) groups is 1. The molecule has 1 N–H and O–H groups in total. The van der Waals surface area contributed by atoms with Gasteiger partial charge in [0.25, 0.3) is 0 Å². The molecule has 1 fully saturated rings. The third-order valence-electron chi connectivity index (χ3n) is 5.62. The van der Waals surface area contributed by atoms with Gasteiger partial charge in [-0.1, -0.05) is 23.8 Å². The van der Waals surface area contributed by atoms with E-state index in [-0.39, 0.29) is 6.03 Å². The summed E-state index contributed by atoms with van der Waals surface area (Å²) in [4.78, 5) is 16.6. The number of piperazine rings is 1. The average molecular weight is 432 g/mol. The van der Waals surface area contributed by atoms with Gasteiger partial charge in [0, 0.05) is 37.4 Å². The first-order chi connectivity index (χ1) is 15.5. The van der Waals surface area contributed by atoms with Crippen molar-refractivity contribution in [1.29, 1.82) is 0 Å². The molecule has 0 saturated carbocycles. The van der Waals surface area contributed by atoms with E-state index in [2.05, 4.69) is 52.5 Å². The van der Waals surface area contributed by atoms with Gasteiger partial charge in [-0.3, -0.25) is 0 Å². The summed E-state index contributed by atoms with van der Waals surface area (Å²) in [6.07, 6.45) is 0. The fourth-order valence-corrected chi connectivity index (χ4v) is 3.88. The quantitative estimate of drug-likeness (QED) is 0.643. The number of rotatable bonds is 5. The molecular formula is C25H29N5O2. The van der Waals surface area contributed by atoms with E-state index in [1.165, 1.54) is 11.1 Å². The lowest BCUT2D eigenvalue weighted by atomic mass is 10.0. The van der Waals surface area contributed by atoms with Crippen LogP contribution in [0.3, 0.4) is 0 Å². The fraction of sp³-hybridized carbons (Fsp3) is 0.320. The number of anilines is 2. The Morgan fingerprint density at radius 3 is 2.34 bits per heavy atom. The van der Waals surface area contributed by atoms with Crippen LogP contribution in [0.15, 0.2) is 54.6 Å². The summed E-state index contributed by atoms with van der Waals surface area (Å²) < 4.78 is 5.44. The Kier molecular flexibility index (Phi) is 6.54. The summed E-state index contributed by atoms with van der Waals surface area (Å²) in [5.74, 6) is 1.63. The van der Waals surface area contributed by atoms with Gasteiger partial charge in [0.1, 0.15) is 5.75 Å². The van der Waals surface area contributed by atoms with Crippen LogP contribution in [0.5, 0.6) is 5.75 Å². The molecule has 7 nitrogen and oxygen atoms in total. The molecule has 7 heteroatoms. The summed E-state index contributed by atoms with van der Waals surface area (Å²) in [5, 5.41) is 11.9. The number of carbonyl (C=O) groups excluding carboxylic acids is 1. The predicted octanol–water partition coefficient (Wildman–Crippen LogP) is 4.51. The van der Waals surface area contributed by atoms with E-state index in [9.17, 15) is 4.79 Å². The van der Waals surface area contributed by atoms with Gasteiger partial charge in [-0.15, -0.1) is 10.2 Å². The van der Waals surface area contributed by atoms with Gasteiger partial charge in [-0.05, 0) is 62.7 Å². The van der Waals surface area contributed by atoms with Gasteiger partial charge in [0.05, 0.1) is 12.3 Å². The Labute approximate surface area is 189 Å². The molecule has 2 aromatic carbocycles. The first kappa shape index (κ1) is 21.6. The number of hydrogen-bond acceptors (Lipinski definition) is 5.